The van der Waals surface area contributed by atoms with Gasteiger partial charge >= 0.3 is 0 Å². The number of hydrogen-bond acceptors (Lipinski definition) is 4. The Morgan fingerprint density at radius 3 is 2.84 bits per heavy atom. The predicted molar refractivity (Wildman–Crippen MR) is 95.2 cm³/mol. The van der Waals surface area contributed by atoms with Crippen LogP contribution in [0.3, 0.4) is 0 Å². The zero-order chi connectivity index (χ0) is 18.0. The molecule has 0 aliphatic carbocycles. The Labute approximate surface area is 145 Å². The molecule has 2 amide bonds. The van der Waals surface area contributed by atoms with E-state index in [1.807, 2.05) is 13.0 Å². The zero-order valence-electron chi connectivity index (χ0n) is 14.1. The van der Waals surface area contributed by atoms with Crippen LogP contribution in [0.2, 0.25) is 0 Å². The summed E-state index contributed by atoms with van der Waals surface area (Å²) in [5, 5.41) is 3.00. The van der Waals surface area contributed by atoms with Gasteiger partial charge in [0.1, 0.15) is 5.56 Å². The summed E-state index contributed by atoms with van der Waals surface area (Å²) in [5.41, 5.74) is 5.99. The van der Waals surface area contributed by atoms with E-state index in [9.17, 15) is 14.4 Å². The van der Waals surface area contributed by atoms with E-state index in [2.05, 4.69) is 10.3 Å². The maximum absolute atomic E-state index is 12.4. The van der Waals surface area contributed by atoms with E-state index in [-0.39, 0.29) is 29.5 Å². The topological polar surface area (TPSA) is 108 Å². The Morgan fingerprint density at radius 2 is 2.12 bits per heavy atom. The molecule has 1 aliphatic heterocycles. The molecule has 1 aliphatic rings. The molecule has 1 aromatic heterocycles. The van der Waals surface area contributed by atoms with Crippen LogP contribution in [0.1, 0.15) is 23.7 Å². The first-order valence-corrected chi connectivity index (χ1v) is 8.39. The van der Waals surface area contributed by atoms with Gasteiger partial charge in [-0.1, -0.05) is 12.1 Å². The molecule has 1 saturated heterocycles. The number of benzene rings is 1. The first kappa shape index (κ1) is 17.2. The Bertz CT molecular complexity index is 861. The molecule has 2 unspecified atom stereocenters. The van der Waals surface area contributed by atoms with Crippen molar-refractivity contribution in [1.82, 2.24) is 15.2 Å². The van der Waals surface area contributed by atoms with Crippen LogP contribution in [0, 0.1) is 5.92 Å². The molecule has 25 heavy (non-hydrogen) atoms. The highest BCUT2D eigenvalue weighted by molar-refractivity contribution is 5.98. The third-order valence-corrected chi connectivity index (χ3v) is 4.75. The SMILES string of the molecule is CC1CC(CN)CN1C(=O)CNC(=O)c1c[nH]c2ccccc2c1=O. The van der Waals surface area contributed by atoms with Crippen molar-refractivity contribution in [2.24, 2.45) is 11.7 Å². The summed E-state index contributed by atoms with van der Waals surface area (Å²) in [7, 11) is 0. The van der Waals surface area contributed by atoms with Crippen LogP contribution in [0.4, 0.5) is 0 Å². The smallest absolute Gasteiger partial charge is 0.257 e. The largest absolute Gasteiger partial charge is 0.360 e. The minimum Gasteiger partial charge on any atom is -0.360 e. The second kappa shape index (κ2) is 7.06. The van der Waals surface area contributed by atoms with E-state index in [4.69, 9.17) is 5.73 Å². The van der Waals surface area contributed by atoms with E-state index in [0.717, 1.165) is 6.42 Å². The first-order chi connectivity index (χ1) is 12.0. The molecule has 2 aromatic rings. The van der Waals surface area contributed by atoms with E-state index >= 15 is 0 Å². The van der Waals surface area contributed by atoms with Crippen molar-refractivity contribution in [1.29, 1.82) is 0 Å². The molecular weight excluding hydrogens is 320 g/mol. The summed E-state index contributed by atoms with van der Waals surface area (Å²) in [6, 6.07) is 7.09. The zero-order valence-corrected chi connectivity index (χ0v) is 14.1. The quantitative estimate of drug-likeness (QED) is 0.750. The Morgan fingerprint density at radius 1 is 1.36 bits per heavy atom. The van der Waals surface area contributed by atoms with Crippen molar-refractivity contribution in [3.8, 4) is 0 Å². The lowest BCUT2D eigenvalue weighted by molar-refractivity contribution is -0.130. The fourth-order valence-electron chi connectivity index (χ4n) is 3.35. The van der Waals surface area contributed by atoms with Crippen LogP contribution in [-0.2, 0) is 4.79 Å². The normalized spacial score (nSPS) is 20.0. The Kier molecular flexibility index (Phi) is 4.85. The summed E-state index contributed by atoms with van der Waals surface area (Å²) in [5.74, 6) is -0.408. The van der Waals surface area contributed by atoms with Gasteiger partial charge in [-0.25, -0.2) is 0 Å². The molecule has 132 valence electrons. The Balaban J connectivity index is 1.68. The number of amides is 2. The second-order valence-corrected chi connectivity index (χ2v) is 6.49. The van der Waals surface area contributed by atoms with E-state index in [1.54, 1.807) is 23.1 Å². The molecule has 2 heterocycles. The number of rotatable bonds is 4. The number of nitrogens with one attached hydrogen (secondary N) is 2. The van der Waals surface area contributed by atoms with Gasteiger partial charge < -0.3 is 20.9 Å². The van der Waals surface area contributed by atoms with Gasteiger partial charge in [-0.15, -0.1) is 0 Å². The van der Waals surface area contributed by atoms with E-state index < -0.39 is 5.91 Å². The average molecular weight is 342 g/mol. The highest BCUT2D eigenvalue weighted by atomic mass is 16.2. The number of carbonyl (C=O) groups is 2. The maximum atomic E-state index is 12.4. The summed E-state index contributed by atoms with van der Waals surface area (Å²) >= 11 is 0. The second-order valence-electron chi connectivity index (χ2n) is 6.49. The fourth-order valence-corrected chi connectivity index (χ4v) is 3.35. The van der Waals surface area contributed by atoms with Crippen LogP contribution >= 0.6 is 0 Å². The van der Waals surface area contributed by atoms with Crippen LogP contribution in [0.15, 0.2) is 35.3 Å². The number of likely N-dealkylation sites (tertiary alicyclic amines) is 1. The van der Waals surface area contributed by atoms with Crippen LogP contribution in [0.25, 0.3) is 10.9 Å². The number of aromatic amines is 1. The number of nitrogens with zero attached hydrogens (tertiary/aromatic N) is 1. The third-order valence-electron chi connectivity index (χ3n) is 4.75. The van der Waals surface area contributed by atoms with Crippen molar-refractivity contribution >= 4 is 22.7 Å². The lowest BCUT2D eigenvalue weighted by atomic mass is 10.1. The third kappa shape index (κ3) is 3.41. The number of nitrogens with two attached hydrogens (primary N) is 1. The van der Waals surface area contributed by atoms with Crippen LogP contribution in [-0.4, -0.2) is 47.4 Å². The Hall–Kier alpha value is -2.67. The average Bonchev–Trinajstić information content (AvgIpc) is 3.01. The molecule has 0 spiro atoms. The number of pyridine rings is 1. The lowest BCUT2D eigenvalue weighted by Crippen LogP contribution is -2.42. The summed E-state index contributed by atoms with van der Waals surface area (Å²) in [4.78, 5) is 41.7. The number of para-hydroxylation sites is 1. The fraction of sp³-hybridized carbons (Fsp3) is 0.389. The van der Waals surface area contributed by atoms with Gasteiger partial charge in [-0.05, 0) is 37.9 Å². The molecule has 7 heteroatoms. The molecule has 0 bridgehead atoms. The van der Waals surface area contributed by atoms with Gasteiger partial charge in [0, 0.05) is 29.7 Å². The number of hydrogen-bond donors (Lipinski definition) is 3. The molecule has 2 atom stereocenters. The molecule has 1 fully saturated rings. The minimum absolute atomic E-state index is 0.000745. The van der Waals surface area contributed by atoms with Crippen molar-refractivity contribution in [3.63, 3.8) is 0 Å². The van der Waals surface area contributed by atoms with Crippen molar-refractivity contribution in [2.75, 3.05) is 19.6 Å². The molecule has 4 N–H and O–H groups in total. The predicted octanol–water partition coefficient (Wildman–Crippen LogP) is 0.454. The first-order valence-electron chi connectivity index (χ1n) is 8.39. The van der Waals surface area contributed by atoms with Gasteiger partial charge in [-0.2, -0.15) is 0 Å². The van der Waals surface area contributed by atoms with Crippen molar-refractivity contribution in [3.05, 3.63) is 46.2 Å². The van der Waals surface area contributed by atoms with Gasteiger partial charge in [0.15, 0.2) is 0 Å². The lowest BCUT2D eigenvalue weighted by Gasteiger charge is -2.21. The van der Waals surface area contributed by atoms with Gasteiger partial charge in [0.05, 0.1) is 6.54 Å². The van der Waals surface area contributed by atoms with E-state index in [0.29, 0.717) is 29.9 Å². The maximum Gasteiger partial charge on any atom is 0.257 e. The summed E-state index contributed by atoms with van der Waals surface area (Å²) in [6.07, 6.45) is 2.26. The highest BCUT2D eigenvalue weighted by Crippen LogP contribution is 2.21. The molecule has 0 radical (unpaired) electrons. The van der Waals surface area contributed by atoms with Crippen LogP contribution in [0.5, 0.6) is 0 Å². The molecule has 7 nitrogen and oxygen atoms in total. The highest BCUT2D eigenvalue weighted by Gasteiger charge is 2.31. The number of carbonyl (C=O) groups excluding carboxylic acids is 2. The summed E-state index contributed by atoms with van der Waals surface area (Å²) < 4.78 is 0. The standard InChI is InChI=1S/C18H22N4O3/c1-11-6-12(7-19)10-22(11)16(23)9-21-18(25)14-8-20-15-5-3-2-4-13(15)17(14)24/h2-5,8,11-12H,6-7,9-10,19H2,1H3,(H,20,24)(H,21,25). The van der Waals surface area contributed by atoms with Crippen molar-refractivity contribution in [2.45, 2.75) is 19.4 Å². The molecule has 3 rings (SSSR count). The van der Waals surface area contributed by atoms with Crippen LogP contribution < -0.4 is 16.5 Å². The molecule has 0 saturated carbocycles. The molecule has 1 aromatic carbocycles. The van der Waals surface area contributed by atoms with Gasteiger partial charge in [0.2, 0.25) is 11.3 Å². The van der Waals surface area contributed by atoms with Gasteiger partial charge in [-0.3, -0.25) is 14.4 Å². The molecular formula is C18H22N4O3. The van der Waals surface area contributed by atoms with Crippen molar-refractivity contribution < 1.29 is 9.59 Å². The number of aromatic nitrogens is 1. The minimum atomic E-state index is -0.553. The number of fused-ring (bicyclic) bond motifs is 1. The van der Waals surface area contributed by atoms with Gasteiger partial charge in [0.25, 0.3) is 5.91 Å². The monoisotopic (exact) mass is 342 g/mol. The number of H-pyrrole nitrogens is 1. The van der Waals surface area contributed by atoms with E-state index in [1.165, 1.54) is 6.20 Å². The summed E-state index contributed by atoms with van der Waals surface area (Å²) in [6.45, 7) is 3.01.